The van der Waals surface area contributed by atoms with Crippen molar-refractivity contribution in [1.29, 1.82) is 0 Å². The van der Waals surface area contributed by atoms with E-state index < -0.39 is 0 Å². The molecule has 2 aliphatic carbocycles. The monoisotopic (exact) mass is 397 g/mol. The molecule has 1 unspecified atom stereocenters. The van der Waals surface area contributed by atoms with Crippen molar-refractivity contribution in [3.63, 3.8) is 0 Å². The topological polar surface area (TPSA) is 56.1 Å². The molecule has 6 heteroatoms. The molecule has 5 nitrogen and oxygen atoms in total. The number of carbonyl (C=O) groups excluding carboxylic acids is 1. The number of nitrogens with one attached hydrogen (secondary N) is 1. The molecule has 1 aromatic heterocycles. The van der Waals surface area contributed by atoms with E-state index in [1.807, 2.05) is 4.68 Å². The molecule has 2 fully saturated rings. The number of hydrogen-bond acceptors (Lipinski definition) is 3. The smallest absolute Gasteiger partial charge is 0.272 e. The molecule has 29 heavy (non-hydrogen) atoms. The predicted octanol–water partition coefficient (Wildman–Crippen LogP) is 3.97. The molecule has 2 aromatic rings. The first-order chi connectivity index (χ1) is 14.2. The molecule has 1 N–H and O–H groups in total. The zero-order valence-electron chi connectivity index (χ0n) is 16.8. The Labute approximate surface area is 170 Å². The first-order valence-corrected chi connectivity index (χ1v) is 10.9. The molecule has 1 atom stereocenters. The number of halogens is 1. The van der Waals surface area contributed by atoms with Gasteiger partial charge in [0.1, 0.15) is 5.82 Å². The van der Waals surface area contributed by atoms with Crippen LogP contribution in [0.1, 0.15) is 66.7 Å². The number of fused-ring (bicyclic) bond motifs is 1. The lowest BCUT2D eigenvalue weighted by Crippen LogP contribution is -2.47. The molecular formula is C23H28FN3O2. The van der Waals surface area contributed by atoms with Gasteiger partial charge < -0.3 is 10.1 Å². The first kappa shape index (κ1) is 18.8. The second-order valence-corrected chi connectivity index (χ2v) is 8.76. The molecule has 1 aliphatic heterocycles. The average Bonchev–Trinajstić information content (AvgIpc) is 3.31. The van der Waals surface area contributed by atoms with Gasteiger partial charge in [0.05, 0.1) is 5.69 Å². The van der Waals surface area contributed by atoms with Gasteiger partial charge in [-0.25, -0.2) is 9.07 Å². The van der Waals surface area contributed by atoms with E-state index in [0.717, 1.165) is 81.5 Å². The van der Waals surface area contributed by atoms with Crippen LogP contribution in [0.2, 0.25) is 0 Å². The SMILES string of the molecule is O=C(NC1CCCC12CCOCC2)c1nn(-c2ccc(F)cc2)c2c1CCCC2. The first-order valence-electron chi connectivity index (χ1n) is 10.9. The van der Waals surface area contributed by atoms with E-state index >= 15 is 0 Å². The van der Waals surface area contributed by atoms with Gasteiger partial charge in [-0.2, -0.15) is 5.10 Å². The van der Waals surface area contributed by atoms with Gasteiger partial charge in [0.2, 0.25) is 0 Å². The van der Waals surface area contributed by atoms with Gasteiger partial charge >= 0.3 is 0 Å². The van der Waals surface area contributed by atoms with Crippen molar-refractivity contribution < 1.29 is 13.9 Å². The molecule has 5 rings (SSSR count). The summed E-state index contributed by atoms with van der Waals surface area (Å²) in [5.74, 6) is -0.322. The normalized spacial score (nSPS) is 23.1. The maximum absolute atomic E-state index is 13.4. The van der Waals surface area contributed by atoms with Crippen LogP contribution in [0.25, 0.3) is 5.69 Å². The summed E-state index contributed by atoms with van der Waals surface area (Å²) in [7, 11) is 0. The molecule has 154 valence electrons. The number of benzene rings is 1. The van der Waals surface area contributed by atoms with Crippen LogP contribution in [0.15, 0.2) is 24.3 Å². The van der Waals surface area contributed by atoms with Crippen molar-refractivity contribution >= 4 is 5.91 Å². The third kappa shape index (κ3) is 3.37. The molecule has 0 bridgehead atoms. The quantitative estimate of drug-likeness (QED) is 0.853. The summed E-state index contributed by atoms with van der Waals surface area (Å²) in [6.07, 6.45) is 9.36. The van der Waals surface area contributed by atoms with Crippen molar-refractivity contribution in [2.24, 2.45) is 5.41 Å². The van der Waals surface area contributed by atoms with E-state index in [2.05, 4.69) is 5.32 Å². The Morgan fingerprint density at radius 3 is 2.66 bits per heavy atom. The third-order valence-electron chi connectivity index (χ3n) is 7.17. The largest absolute Gasteiger partial charge is 0.381 e. The maximum Gasteiger partial charge on any atom is 0.272 e. The highest BCUT2D eigenvalue weighted by atomic mass is 19.1. The number of hydrogen-bond donors (Lipinski definition) is 1. The van der Waals surface area contributed by atoms with Gasteiger partial charge in [-0.3, -0.25) is 4.79 Å². The number of nitrogens with zero attached hydrogens (tertiary/aromatic N) is 2. The molecular weight excluding hydrogens is 369 g/mol. The van der Waals surface area contributed by atoms with E-state index in [4.69, 9.17) is 9.84 Å². The van der Waals surface area contributed by atoms with Crippen molar-refractivity contribution in [2.75, 3.05) is 13.2 Å². The Hall–Kier alpha value is -2.21. The molecule has 1 aromatic carbocycles. The van der Waals surface area contributed by atoms with Crippen molar-refractivity contribution in [3.8, 4) is 5.69 Å². The standard InChI is InChI=1S/C23H28FN3O2/c24-16-7-9-17(10-8-16)27-19-5-2-1-4-18(19)21(26-27)22(28)25-20-6-3-11-23(20)12-14-29-15-13-23/h7-10,20H,1-6,11-15H2,(H,25,28). The van der Waals surface area contributed by atoms with Gasteiger partial charge in [0.25, 0.3) is 5.91 Å². The minimum atomic E-state index is -0.268. The minimum Gasteiger partial charge on any atom is -0.381 e. The van der Waals surface area contributed by atoms with Crippen LogP contribution in [-0.4, -0.2) is 34.9 Å². The van der Waals surface area contributed by atoms with E-state index in [-0.39, 0.29) is 23.2 Å². The van der Waals surface area contributed by atoms with Crippen LogP contribution in [0.3, 0.4) is 0 Å². The Bertz CT molecular complexity index is 900. The zero-order chi connectivity index (χ0) is 19.8. The molecule has 3 aliphatic rings. The Balaban J connectivity index is 1.44. The van der Waals surface area contributed by atoms with Crippen LogP contribution >= 0.6 is 0 Å². The molecule has 1 saturated carbocycles. The summed E-state index contributed by atoms with van der Waals surface area (Å²) in [4.78, 5) is 13.3. The van der Waals surface area contributed by atoms with Gasteiger partial charge in [0, 0.05) is 30.5 Å². The lowest BCUT2D eigenvalue weighted by molar-refractivity contribution is 0.00468. The Morgan fingerprint density at radius 2 is 1.86 bits per heavy atom. The van der Waals surface area contributed by atoms with Crippen LogP contribution in [0.5, 0.6) is 0 Å². The molecule has 1 amide bonds. The fourth-order valence-electron chi connectivity index (χ4n) is 5.54. The molecule has 1 saturated heterocycles. The predicted molar refractivity (Wildman–Crippen MR) is 108 cm³/mol. The lowest BCUT2D eigenvalue weighted by Gasteiger charge is -2.39. The van der Waals surface area contributed by atoms with Crippen LogP contribution in [0.4, 0.5) is 4.39 Å². The van der Waals surface area contributed by atoms with Gasteiger partial charge in [-0.15, -0.1) is 0 Å². The highest BCUT2D eigenvalue weighted by molar-refractivity contribution is 5.94. The van der Waals surface area contributed by atoms with E-state index in [1.54, 1.807) is 12.1 Å². The van der Waals surface area contributed by atoms with Crippen LogP contribution in [0, 0.1) is 11.2 Å². The highest BCUT2D eigenvalue weighted by Crippen LogP contribution is 2.46. The third-order valence-corrected chi connectivity index (χ3v) is 7.17. The van der Waals surface area contributed by atoms with E-state index in [0.29, 0.717) is 5.69 Å². The van der Waals surface area contributed by atoms with Crippen molar-refractivity contribution in [3.05, 3.63) is 47.0 Å². The number of amides is 1. The Kier molecular flexibility index (Phi) is 4.90. The second-order valence-electron chi connectivity index (χ2n) is 8.76. The zero-order valence-corrected chi connectivity index (χ0v) is 16.8. The molecule has 0 radical (unpaired) electrons. The van der Waals surface area contributed by atoms with Crippen molar-refractivity contribution in [2.45, 2.75) is 63.8 Å². The second kappa shape index (κ2) is 7.56. The number of aromatic nitrogens is 2. The number of rotatable bonds is 3. The summed E-state index contributed by atoms with van der Waals surface area (Å²) in [5, 5.41) is 8.07. The summed E-state index contributed by atoms with van der Waals surface area (Å²) in [6.45, 7) is 1.59. The molecule has 2 heterocycles. The van der Waals surface area contributed by atoms with Gasteiger partial charge in [-0.05, 0) is 81.0 Å². The fraction of sp³-hybridized carbons (Fsp3) is 0.565. The minimum absolute atomic E-state index is 0.0539. The number of ether oxygens (including phenoxy) is 1. The molecule has 1 spiro atoms. The average molecular weight is 397 g/mol. The summed E-state index contributed by atoms with van der Waals surface area (Å²) in [6, 6.07) is 6.55. The summed E-state index contributed by atoms with van der Waals surface area (Å²) in [5.41, 5.74) is 3.72. The fourth-order valence-corrected chi connectivity index (χ4v) is 5.54. The summed E-state index contributed by atoms with van der Waals surface area (Å²) < 4.78 is 20.8. The highest BCUT2D eigenvalue weighted by Gasteiger charge is 2.44. The van der Waals surface area contributed by atoms with Crippen LogP contribution < -0.4 is 5.32 Å². The lowest BCUT2D eigenvalue weighted by atomic mass is 9.75. The van der Waals surface area contributed by atoms with E-state index in [9.17, 15) is 9.18 Å². The van der Waals surface area contributed by atoms with E-state index in [1.165, 1.54) is 18.6 Å². The summed E-state index contributed by atoms with van der Waals surface area (Å²) >= 11 is 0. The Morgan fingerprint density at radius 1 is 1.10 bits per heavy atom. The van der Waals surface area contributed by atoms with Gasteiger partial charge in [0.15, 0.2) is 5.69 Å². The van der Waals surface area contributed by atoms with Gasteiger partial charge in [-0.1, -0.05) is 6.42 Å². The van der Waals surface area contributed by atoms with Crippen molar-refractivity contribution in [1.82, 2.24) is 15.1 Å². The number of carbonyl (C=O) groups is 1. The maximum atomic E-state index is 13.4. The van der Waals surface area contributed by atoms with Crippen LogP contribution in [-0.2, 0) is 17.6 Å².